The third kappa shape index (κ3) is 5.90. The predicted molar refractivity (Wildman–Crippen MR) is 78.3 cm³/mol. The molecule has 0 aromatic heterocycles. The Morgan fingerprint density at radius 3 is 2.55 bits per heavy atom. The molecule has 5 nitrogen and oxygen atoms in total. The Labute approximate surface area is 121 Å². The smallest absolute Gasteiger partial charge is 0.329 e. The second-order valence-corrected chi connectivity index (χ2v) is 6.39. The SMILES string of the molecule is CCCC(NC(=O)C1CCCCN1)C(=O)OC(C)(C)C. The van der Waals surface area contributed by atoms with Crippen molar-refractivity contribution < 1.29 is 14.3 Å². The van der Waals surface area contributed by atoms with E-state index in [1.165, 1.54) is 0 Å². The molecular formula is C15H28N2O3. The summed E-state index contributed by atoms with van der Waals surface area (Å²) in [5, 5.41) is 6.02. The molecule has 1 heterocycles. The second kappa shape index (κ2) is 7.62. The van der Waals surface area contributed by atoms with Crippen LogP contribution in [0.4, 0.5) is 0 Å². The zero-order chi connectivity index (χ0) is 15.2. The summed E-state index contributed by atoms with van der Waals surface area (Å²) in [6, 6.07) is -0.721. The number of hydrogen-bond acceptors (Lipinski definition) is 4. The van der Waals surface area contributed by atoms with E-state index in [1.54, 1.807) is 0 Å². The molecule has 1 aliphatic rings. The van der Waals surface area contributed by atoms with E-state index in [0.29, 0.717) is 6.42 Å². The summed E-state index contributed by atoms with van der Waals surface area (Å²) in [7, 11) is 0. The molecule has 0 saturated carbocycles. The fourth-order valence-electron chi connectivity index (χ4n) is 2.26. The summed E-state index contributed by atoms with van der Waals surface area (Å²) >= 11 is 0. The van der Waals surface area contributed by atoms with Crippen molar-refractivity contribution in [2.75, 3.05) is 6.54 Å². The van der Waals surface area contributed by atoms with Gasteiger partial charge in [-0.2, -0.15) is 0 Å². The number of piperidine rings is 1. The van der Waals surface area contributed by atoms with Gasteiger partial charge in [0.15, 0.2) is 0 Å². The van der Waals surface area contributed by atoms with Crippen molar-refractivity contribution in [1.29, 1.82) is 0 Å². The van der Waals surface area contributed by atoms with Crippen LogP contribution in [0.2, 0.25) is 0 Å². The van der Waals surface area contributed by atoms with Gasteiger partial charge in [-0.05, 0) is 46.6 Å². The minimum atomic E-state index is -0.546. The molecule has 2 N–H and O–H groups in total. The Hall–Kier alpha value is -1.10. The number of nitrogens with one attached hydrogen (secondary N) is 2. The van der Waals surface area contributed by atoms with Crippen LogP contribution in [-0.4, -0.2) is 36.1 Å². The first kappa shape index (κ1) is 17.0. The zero-order valence-corrected chi connectivity index (χ0v) is 13.1. The molecule has 5 heteroatoms. The van der Waals surface area contributed by atoms with Crippen molar-refractivity contribution in [1.82, 2.24) is 10.6 Å². The van der Waals surface area contributed by atoms with E-state index >= 15 is 0 Å². The summed E-state index contributed by atoms with van der Waals surface area (Å²) in [6.45, 7) is 8.35. The van der Waals surface area contributed by atoms with E-state index in [1.807, 2.05) is 27.7 Å². The Balaban J connectivity index is 2.56. The van der Waals surface area contributed by atoms with Gasteiger partial charge in [-0.1, -0.05) is 19.8 Å². The molecule has 0 radical (unpaired) electrons. The summed E-state index contributed by atoms with van der Waals surface area (Å²) in [5.74, 6) is -0.433. The molecule has 0 bridgehead atoms. The van der Waals surface area contributed by atoms with Crippen LogP contribution in [0.15, 0.2) is 0 Å². The first-order valence-corrected chi connectivity index (χ1v) is 7.60. The maximum atomic E-state index is 12.2. The van der Waals surface area contributed by atoms with Gasteiger partial charge >= 0.3 is 5.97 Å². The standard InChI is InChI=1S/C15H28N2O3/c1-5-8-12(14(19)20-15(2,3)4)17-13(18)11-9-6-7-10-16-11/h11-12,16H,5-10H2,1-4H3,(H,17,18). The molecule has 0 aliphatic carbocycles. The number of carbonyl (C=O) groups is 2. The molecule has 0 aromatic carbocycles. The molecule has 0 spiro atoms. The molecule has 1 aliphatic heterocycles. The Kier molecular flexibility index (Phi) is 6.46. The third-order valence-corrected chi connectivity index (χ3v) is 3.21. The van der Waals surface area contributed by atoms with Crippen molar-refractivity contribution in [2.45, 2.75) is 77.5 Å². The lowest BCUT2D eigenvalue weighted by Gasteiger charge is -2.27. The Bertz CT molecular complexity index is 331. The maximum Gasteiger partial charge on any atom is 0.329 e. The lowest BCUT2D eigenvalue weighted by atomic mass is 10.0. The summed E-state index contributed by atoms with van der Waals surface area (Å²) in [5.41, 5.74) is -0.531. The van der Waals surface area contributed by atoms with Crippen LogP contribution in [0.1, 0.15) is 59.8 Å². The molecule has 2 atom stereocenters. The molecule has 116 valence electrons. The first-order valence-electron chi connectivity index (χ1n) is 7.60. The van der Waals surface area contributed by atoms with Gasteiger partial charge in [-0.15, -0.1) is 0 Å². The molecule has 20 heavy (non-hydrogen) atoms. The lowest BCUT2D eigenvalue weighted by Crippen LogP contribution is -2.52. The summed E-state index contributed by atoms with van der Waals surface area (Å²) < 4.78 is 5.37. The lowest BCUT2D eigenvalue weighted by molar-refractivity contribution is -0.159. The average molecular weight is 284 g/mol. The normalized spacial score (nSPS) is 21.1. The summed E-state index contributed by atoms with van der Waals surface area (Å²) in [6.07, 6.45) is 4.42. The van der Waals surface area contributed by atoms with E-state index in [4.69, 9.17) is 4.74 Å². The van der Waals surface area contributed by atoms with Crippen molar-refractivity contribution >= 4 is 11.9 Å². The number of carbonyl (C=O) groups excluding carboxylic acids is 2. The van der Waals surface area contributed by atoms with Gasteiger partial charge in [-0.3, -0.25) is 4.79 Å². The Morgan fingerprint density at radius 1 is 1.35 bits per heavy atom. The van der Waals surface area contributed by atoms with Gasteiger partial charge in [0.05, 0.1) is 6.04 Å². The molecule has 1 fully saturated rings. The number of esters is 1. The van der Waals surface area contributed by atoms with Crippen LogP contribution in [0.3, 0.4) is 0 Å². The highest BCUT2D eigenvalue weighted by Crippen LogP contribution is 2.12. The maximum absolute atomic E-state index is 12.2. The van der Waals surface area contributed by atoms with Gasteiger partial charge < -0.3 is 15.4 Å². The molecule has 2 unspecified atom stereocenters. The fourth-order valence-corrected chi connectivity index (χ4v) is 2.26. The summed E-state index contributed by atoms with van der Waals surface area (Å²) in [4.78, 5) is 24.3. The zero-order valence-electron chi connectivity index (χ0n) is 13.1. The van der Waals surface area contributed by atoms with E-state index in [-0.39, 0.29) is 17.9 Å². The van der Waals surface area contributed by atoms with Gasteiger partial charge in [0.25, 0.3) is 0 Å². The highest BCUT2D eigenvalue weighted by molar-refractivity contribution is 5.87. The van der Waals surface area contributed by atoms with Crippen LogP contribution < -0.4 is 10.6 Å². The van der Waals surface area contributed by atoms with Crippen LogP contribution in [-0.2, 0) is 14.3 Å². The topological polar surface area (TPSA) is 67.4 Å². The monoisotopic (exact) mass is 284 g/mol. The molecular weight excluding hydrogens is 256 g/mol. The van der Waals surface area contributed by atoms with Crippen molar-refractivity contribution in [3.8, 4) is 0 Å². The van der Waals surface area contributed by atoms with Crippen LogP contribution in [0.25, 0.3) is 0 Å². The quantitative estimate of drug-likeness (QED) is 0.755. The molecule has 1 saturated heterocycles. The van der Waals surface area contributed by atoms with Crippen molar-refractivity contribution in [3.05, 3.63) is 0 Å². The minimum Gasteiger partial charge on any atom is -0.458 e. The number of ether oxygens (including phenoxy) is 1. The number of hydrogen-bond donors (Lipinski definition) is 2. The molecule has 1 amide bonds. The van der Waals surface area contributed by atoms with E-state index in [9.17, 15) is 9.59 Å². The predicted octanol–water partition coefficient (Wildman–Crippen LogP) is 1.76. The molecule has 1 rings (SSSR count). The minimum absolute atomic E-state index is 0.0889. The largest absolute Gasteiger partial charge is 0.458 e. The number of rotatable bonds is 5. The van der Waals surface area contributed by atoms with Crippen molar-refractivity contribution in [3.63, 3.8) is 0 Å². The van der Waals surface area contributed by atoms with Gasteiger partial charge in [0.2, 0.25) is 5.91 Å². The van der Waals surface area contributed by atoms with Gasteiger partial charge in [-0.25, -0.2) is 4.79 Å². The highest BCUT2D eigenvalue weighted by Gasteiger charge is 2.29. The molecule has 0 aromatic rings. The van der Waals surface area contributed by atoms with Gasteiger partial charge in [0, 0.05) is 0 Å². The average Bonchev–Trinajstić information content (AvgIpc) is 2.37. The highest BCUT2D eigenvalue weighted by atomic mass is 16.6. The van der Waals surface area contributed by atoms with Crippen LogP contribution >= 0.6 is 0 Å². The van der Waals surface area contributed by atoms with E-state index < -0.39 is 11.6 Å². The van der Waals surface area contributed by atoms with E-state index in [0.717, 1.165) is 32.2 Å². The van der Waals surface area contributed by atoms with Gasteiger partial charge in [0.1, 0.15) is 11.6 Å². The Morgan fingerprint density at radius 2 is 2.05 bits per heavy atom. The van der Waals surface area contributed by atoms with E-state index in [2.05, 4.69) is 10.6 Å². The van der Waals surface area contributed by atoms with Crippen molar-refractivity contribution in [2.24, 2.45) is 0 Å². The third-order valence-electron chi connectivity index (χ3n) is 3.21. The number of amides is 1. The second-order valence-electron chi connectivity index (χ2n) is 6.39. The first-order chi connectivity index (χ1) is 9.33. The van der Waals surface area contributed by atoms with Crippen LogP contribution in [0, 0.1) is 0 Å². The van der Waals surface area contributed by atoms with Crippen LogP contribution in [0.5, 0.6) is 0 Å². The fraction of sp³-hybridized carbons (Fsp3) is 0.867.